The third-order valence-electron chi connectivity index (χ3n) is 4.87. The molecule has 0 saturated heterocycles. The molecule has 0 spiro atoms. The topological polar surface area (TPSA) is 59.0 Å². The maximum atomic E-state index is 13.3. The molecule has 1 amide bonds. The number of fused-ring (bicyclic) bond motifs is 1. The molecule has 4 aromatic rings. The summed E-state index contributed by atoms with van der Waals surface area (Å²) in [4.78, 5) is 28.5. The molecule has 0 saturated carbocycles. The number of aryl methyl sites for hydroxylation is 1. The third-order valence-corrected chi connectivity index (χ3v) is 4.87. The van der Waals surface area contributed by atoms with Gasteiger partial charge in [0.15, 0.2) is 0 Å². The van der Waals surface area contributed by atoms with Gasteiger partial charge in [-0.1, -0.05) is 55.5 Å². The molecule has 0 aliphatic heterocycles. The molecule has 5 nitrogen and oxygen atoms in total. The Kier molecular flexibility index (Phi) is 5.29. The summed E-state index contributed by atoms with van der Waals surface area (Å²) in [6, 6.07) is 19.5. The maximum absolute atomic E-state index is 13.3. The number of rotatable bonds is 5. The van der Waals surface area contributed by atoms with Crippen molar-refractivity contribution in [2.75, 3.05) is 7.05 Å². The van der Waals surface area contributed by atoms with E-state index in [0.717, 1.165) is 34.3 Å². The van der Waals surface area contributed by atoms with Crippen molar-refractivity contribution in [2.45, 2.75) is 19.9 Å². The average Bonchev–Trinajstić information content (AvgIpc) is 2.78. The Morgan fingerprint density at radius 2 is 1.66 bits per heavy atom. The van der Waals surface area contributed by atoms with Gasteiger partial charge in [0.05, 0.1) is 16.8 Å². The van der Waals surface area contributed by atoms with Crippen molar-refractivity contribution in [3.8, 4) is 11.3 Å². The number of hydrogen-bond donors (Lipinski definition) is 0. The van der Waals surface area contributed by atoms with Crippen LogP contribution in [0, 0.1) is 0 Å². The fourth-order valence-electron chi connectivity index (χ4n) is 3.30. The van der Waals surface area contributed by atoms with Gasteiger partial charge in [-0.3, -0.25) is 4.79 Å². The monoisotopic (exact) mass is 382 g/mol. The van der Waals surface area contributed by atoms with Gasteiger partial charge in [0.1, 0.15) is 5.82 Å². The molecule has 2 aromatic carbocycles. The van der Waals surface area contributed by atoms with Gasteiger partial charge in [0.25, 0.3) is 5.91 Å². The van der Waals surface area contributed by atoms with Crippen LogP contribution >= 0.6 is 0 Å². The van der Waals surface area contributed by atoms with Gasteiger partial charge >= 0.3 is 0 Å². The van der Waals surface area contributed by atoms with Crippen LogP contribution in [0.25, 0.3) is 22.2 Å². The number of carbonyl (C=O) groups is 1. The number of aromatic nitrogens is 3. The Hall–Kier alpha value is -3.60. The van der Waals surface area contributed by atoms with Gasteiger partial charge < -0.3 is 4.90 Å². The summed E-state index contributed by atoms with van der Waals surface area (Å²) in [5, 5.41) is 0.840. The van der Waals surface area contributed by atoms with Crippen LogP contribution < -0.4 is 0 Å². The normalized spacial score (nSPS) is 10.8. The lowest BCUT2D eigenvalue weighted by molar-refractivity contribution is 0.0787. The van der Waals surface area contributed by atoms with Crippen LogP contribution in [-0.2, 0) is 13.0 Å². The van der Waals surface area contributed by atoms with E-state index in [4.69, 9.17) is 4.98 Å². The summed E-state index contributed by atoms with van der Waals surface area (Å²) in [5.74, 6) is 0.744. The van der Waals surface area contributed by atoms with Crippen molar-refractivity contribution in [3.05, 3.63) is 90.0 Å². The summed E-state index contributed by atoms with van der Waals surface area (Å²) >= 11 is 0. The molecule has 144 valence electrons. The largest absolute Gasteiger partial charge is 0.337 e. The predicted molar refractivity (Wildman–Crippen MR) is 114 cm³/mol. The molecule has 0 fully saturated rings. The van der Waals surface area contributed by atoms with Gasteiger partial charge in [0, 0.05) is 43.4 Å². The lowest BCUT2D eigenvalue weighted by Crippen LogP contribution is -2.26. The number of para-hydroxylation sites is 1. The van der Waals surface area contributed by atoms with Crippen LogP contribution in [0.2, 0.25) is 0 Å². The zero-order valence-electron chi connectivity index (χ0n) is 16.5. The molecule has 0 radical (unpaired) electrons. The van der Waals surface area contributed by atoms with E-state index in [0.29, 0.717) is 17.8 Å². The van der Waals surface area contributed by atoms with Gasteiger partial charge in [-0.2, -0.15) is 0 Å². The van der Waals surface area contributed by atoms with Crippen LogP contribution in [0.15, 0.2) is 73.1 Å². The first-order chi connectivity index (χ1) is 14.2. The number of benzene rings is 2. The lowest BCUT2D eigenvalue weighted by Gasteiger charge is -2.19. The Morgan fingerprint density at radius 3 is 2.38 bits per heavy atom. The van der Waals surface area contributed by atoms with Crippen LogP contribution in [0.5, 0.6) is 0 Å². The number of nitrogens with zero attached hydrogens (tertiary/aromatic N) is 4. The molecule has 4 rings (SSSR count). The molecule has 0 unspecified atom stereocenters. The van der Waals surface area contributed by atoms with Crippen molar-refractivity contribution in [1.29, 1.82) is 0 Å². The summed E-state index contributed by atoms with van der Waals surface area (Å²) in [5.41, 5.74) is 3.99. The number of amides is 1. The number of hydrogen-bond acceptors (Lipinski definition) is 4. The average molecular weight is 382 g/mol. The first-order valence-electron chi connectivity index (χ1n) is 9.66. The van der Waals surface area contributed by atoms with Crippen LogP contribution in [-0.4, -0.2) is 32.8 Å². The number of pyridine rings is 1. The van der Waals surface area contributed by atoms with Gasteiger partial charge in [0.2, 0.25) is 0 Å². The highest BCUT2D eigenvalue weighted by Crippen LogP contribution is 2.25. The van der Waals surface area contributed by atoms with Crippen LogP contribution in [0.4, 0.5) is 0 Å². The Labute approximate surface area is 170 Å². The first-order valence-corrected chi connectivity index (χ1v) is 9.66. The summed E-state index contributed by atoms with van der Waals surface area (Å²) in [6.45, 7) is 2.56. The molecule has 0 aliphatic rings. The van der Waals surface area contributed by atoms with Crippen LogP contribution in [0.3, 0.4) is 0 Å². The highest BCUT2D eigenvalue weighted by Gasteiger charge is 2.18. The molecule has 0 bridgehead atoms. The fourth-order valence-corrected chi connectivity index (χ4v) is 3.30. The Morgan fingerprint density at radius 1 is 0.966 bits per heavy atom. The summed E-state index contributed by atoms with van der Waals surface area (Å²) in [7, 11) is 1.82. The minimum Gasteiger partial charge on any atom is -0.337 e. The van der Waals surface area contributed by atoms with Crippen molar-refractivity contribution >= 4 is 16.8 Å². The zero-order chi connectivity index (χ0) is 20.2. The summed E-state index contributed by atoms with van der Waals surface area (Å²) < 4.78 is 0. The molecule has 2 heterocycles. The lowest BCUT2D eigenvalue weighted by atomic mass is 10.0. The highest BCUT2D eigenvalue weighted by atomic mass is 16.2. The quantitative estimate of drug-likeness (QED) is 0.509. The van der Waals surface area contributed by atoms with E-state index < -0.39 is 0 Å². The molecule has 29 heavy (non-hydrogen) atoms. The molecule has 0 aliphatic carbocycles. The van der Waals surface area contributed by atoms with E-state index in [2.05, 4.69) is 9.97 Å². The molecular formula is C24H22N4O. The Bertz CT molecular complexity index is 1140. The second-order valence-electron chi connectivity index (χ2n) is 6.96. The second-order valence-corrected chi connectivity index (χ2v) is 6.96. The molecule has 2 aromatic heterocycles. The molecular weight excluding hydrogens is 360 g/mol. The van der Waals surface area contributed by atoms with E-state index in [1.807, 2.05) is 74.6 Å². The third kappa shape index (κ3) is 3.99. The van der Waals surface area contributed by atoms with Crippen molar-refractivity contribution in [3.63, 3.8) is 0 Å². The summed E-state index contributed by atoms with van der Waals surface area (Å²) in [6.07, 6.45) is 4.31. The van der Waals surface area contributed by atoms with Crippen molar-refractivity contribution < 1.29 is 4.79 Å². The minimum absolute atomic E-state index is 0.0419. The SMILES string of the molecule is CCc1ncc(-c2cc(C(=O)N(C)Cc3ccccc3)c3ccccc3n2)cn1. The minimum atomic E-state index is -0.0419. The Balaban J connectivity index is 1.74. The maximum Gasteiger partial charge on any atom is 0.254 e. The smallest absolute Gasteiger partial charge is 0.254 e. The van der Waals surface area contributed by atoms with E-state index in [9.17, 15) is 4.79 Å². The molecule has 0 atom stereocenters. The first kappa shape index (κ1) is 18.7. The number of carbonyl (C=O) groups excluding carboxylic acids is 1. The predicted octanol–water partition coefficient (Wildman–Crippen LogP) is 4.53. The highest BCUT2D eigenvalue weighted by molar-refractivity contribution is 6.07. The fraction of sp³-hybridized carbons (Fsp3) is 0.167. The van der Waals surface area contributed by atoms with Crippen molar-refractivity contribution in [2.24, 2.45) is 0 Å². The van der Waals surface area contributed by atoms with E-state index in [-0.39, 0.29) is 5.91 Å². The second kappa shape index (κ2) is 8.19. The zero-order valence-corrected chi connectivity index (χ0v) is 16.5. The van der Waals surface area contributed by atoms with E-state index in [1.54, 1.807) is 17.3 Å². The van der Waals surface area contributed by atoms with E-state index >= 15 is 0 Å². The molecule has 0 N–H and O–H groups in total. The molecule has 5 heteroatoms. The van der Waals surface area contributed by atoms with Gasteiger partial charge in [-0.15, -0.1) is 0 Å². The van der Waals surface area contributed by atoms with Crippen molar-refractivity contribution in [1.82, 2.24) is 19.9 Å². The van der Waals surface area contributed by atoms with E-state index in [1.165, 1.54) is 0 Å². The van der Waals surface area contributed by atoms with Gasteiger partial charge in [-0.05, 0) is 17.7 Å². The van der Waals surface area contributed by atoms with Gasteiger partial charge in [-0.25, -0.2) is 15.0 Å². The standard InChI is InChI=1S/C24H22N4O/c1-3-23-25-14-18(15-26-23)22-13-20(19-11-7-8-12-21(19)27-22)24(29)28(2)16-17-9-5-4-6-10-17/h4-15H,3,16H2,1-2H3. The van der Waals surface area contributed by atoms with Crippen LogP contribution in [0.1, 0.15) is 28.7 Å².